The zero-order chi connectivity index (χ0) is 12.0. The highest BCUT2D eigenvalue weighted by atomic mass is 16.5. The second-order valence-corrected chi connectivity index (χ2v) is 4.62. The zero-order valence-electron chi connectivity index (χ0n) is 10.8. The van der Waals surface area contributed by atoms with E-state index < -0.39 is 0 Å². The summed E-state index contributed by atoms with van der Waals surface area (Å²) in [6.07, 6.45) is 0.310. The van der Waals surface area contributed by atoms with Gasteiger partial charge in [-0.2, -0.15) is 0 Å². The van der Waals surface area contributed by atoms with Crippen LogP contribution in [0.15, 0.2) is 24.3 Å². The van der Waals surface area contributed by atoms with Gasteiger partial charge in [-0.25, -0.2) is 0 Å². The molecule has 2 heteroatoms. The molecule has 1 N–H and O–H groups in total. The number of anilines is 1. The Hall–Kier alpha value is -1.02. The molecule has 0 saturated carbocycles. The molecule has 0 atom stereocenters. The maximum atomic E-state index is 5.46. The molecule has 2 nitrogen and oxygen atoms in total. The highest BCUT2D eigenvalue weighted by molar-refractivity contribution is 5.45. The fourth-order valence-electron chi connectivity index (χ4n) is 1.48. The Morgan fingerprint density at radius 3 is 2.19 bits per heavy atom. The van der Waals surface area contributed by atoms with Gasteiger partial charge in [0.25, 0.3) is 0 Å². The van der Waals surface area contributed by atoms with Crippen molar-refractivity contribution in [2.24, 2.45) is 0 Å². The number of benzene rings is 1. The van der Waals surface area contributed by atoms with Gasteiger partial charge >= 0.3 is 0 Å². The summed E-state index contributed by atoms with van der Waals surface area (Å²) >= 11 is 0. The van der Waals surface area contributed by atoms with Gasteiger partial charge < -0.3 is 10.1 Å². The Kier molecular flexibility index (Phi) is 5.33. The molecule has 0 aromatic heterocycles. The van der Waals surface area contributed by atoms with Crippen molar-refractivity contribution in [3.63, 3.8) is 0 Å². The summed E-state index contributed by atoms with van der Waals surface area (Å²) in [4.78, 5) is 0. The third-order valence-electron chi connectivity index (χ3n) is 2.46. The summed E-state index contributed by atoms with van der Waals surface area (Å²) in [7, 11) is 0. The van der Waals surface area contributed by atoms with E-state index in [2.05, 4.69) is 57.3 Å². The lowest BCUT2D eigenvalue weighted by atomic mass is 10.0. The lowest BCUT2D eigenvalue weighted by molar-refractivity contribution is 0.0870. The first-order chi connectivity index (χ1) is 7.59. The van der Waals surface area contributed by atoms with Crippen LogP contribution in [-0.4, -0.2) is 19.3 Å². The standard InChI is InChI=1S/C14H23NO/c1-11(2)13-5-7-14(8-6-13)15-9-10-16-12(3)4/h5-8,11-12,15H,9-10H2,1-4H3. The van der Waals surface area contributed by atoms with E-state index in [0.29, 0.717) is 12.0 Å². The van der Waals surface area contributed by atoms with E-state index in [9.17, 15) is 0 Å². The monoisotopic (exact) mass is 221 g/mol. The summed E-state index contributed by atoms with van der Waals surface area (Å²) in [5.41, 5.74) is 2.54. The molecular weight excluding hydrogens is 198 g/mol. The molecule has 1 rings (SSSR count). The van der Waals surface area contributed by atoms with Gasteiger partial charge in [0, 0.05) is 12.2 Å². The molecule has 0 aliphatic heterocycles. The van der Waals surface area contributed by atoms with Crippen molar-refractivity contribution < 1.29 is 4.74 Å². The van der Waals surface area contributed by atoms with Crippen LogP contribution in [0.2, 0.25) is 0 Å². The van der Waals surface area contributed by atoms with Gasteiger partial charge in [0.1, 0.15) is 0 Å². The molecule has 0 spiro atoms. The van der Waals surface area contributed by atoms with Gasteiger partial charge in [-0.05, 0) is 37.5 Å². The highest BCUT2D eigenvalue weighted by Crippen LogP contribution is 2.16. The van der Waals surface area contributed by atoms with E-state index in [4.69, 9.17) is 4.74 Å². The van der Waals surface area contributed by atoms with Gasteiger partial charge in [0.2, 0.25) is 0 Å². The Bertz CT molecular complexity index is 290. The minimum Gasteiger partial charge on any atom is -0.383 e. The predicted molar refractivity (Wildman–Crippen MR) is 70.1 cm³/mol. The molecule has 16 heavy (non-hydrogen) atoms. The summed E-state index contributed by atoms with van der Waals surface area (Å²) in [6.45, 7) is 10.1. The fourth-order valence-corrected chi connectivity index (χ4v) is 1.48. The summed E-state index contributed by atoms with van der Waals surface area (Å²) in [6, 6.07) is 8.61. The largest absolute Gasteiger partial charge is 0.383 e. The Labute approximate surface area is 99.0 Å². The fraction of sp³-hybridized carbons (Fsp3) is 0.571. The van der Waals surface area contributed by atoms with E-state index in [1.807, 2.05) is 0 Å². The summed E-state index contributed by atoms with van der Waals surface area (Å²) in [5.74, 6) is 0.596. The van der Waals surface area contributed by atoms with Crippen LogP contribution in [0.25, 0.3) is 0 Å². The molecule has 1 aromatic rings. The van der Waals surface area contributed by atoms with Gasteiger partial charge in [0.15, 0.2) is 0 Å². The second-order valence-electron chi connectivity index (χ2n) is 4.62. The Morgan fingerprint density at radius 2 is 1.69 bits per heavy atom. The molecule has 0 aliphatic carbocycles. The molecule has 0 heterocycles. The smallest absolute Gasteiger partial charge is 0.0642 e. The van der Waals surface area contributed by atoms with Crippen LogP contribution < -0.4 is 5.32 Å². The van der Waals surface area contributed by atoms with Crippen molar-refractivity contribution in [2.45, 2.75) is 39.7 Å². The van der Waals surface area contributed by atoms with Crippen LogP contribution in [0.1, 0.15) is 39.2 Å². The van der Waals surface area contributed by atoms with Crippen molar-refractivity contribution in [3.05, 3.63) is 29.8 Å². The van der Waals surface area contributed by atoms with Gasteiger partial charge in [0.05, 0.1) is 12.7 Å². The van der Waals surface area contributed by atoms with Gasteiger partial charge in [-0.15, -0.1) is 0 Å². The molecule has 0 amide bonds. The quantitative estimate of drug-likeness (QED) is 0.740. The van der Waals surface area contributed by atoms with Crippen molar-refractivity contribution in [1.29, 1.82) is 0 Å². The normalized spacial score (nSPS) is 11.1. The van der Waals surface area contributed by atoms with Crippen molar-refractivity contribution >= 4 is 5.69 Å². The van der Waals surface area contributed by atoms with Crippen molar-refractivity contribution in [3.8, 4) is 0 Å². The Morgan fingerprint density at radius 1 is 1.06 bits per heavy atom. The minimum absolute atomic E-state index is 0.310. The number of rotatable bonds is 6. The van der Waals surface area contributed by atoms with Gasteiger partial charge in [-0.1, -0.05) is 26.0 Å². The SMILES string of the molecule is CC(C)OCCNc1ccc(C(C)C)cc1. The molecular formula is C14H23NO. The molecule has 0 saturated heterocycles. The van der Waals surface area contributed by atoms with Crippen LogP contribution in [-0.2, 0) is 4.74 Å². The van der Waals surface area contributed by atoms with Crippen molar-refractivity contribution in [1.82, 2.24) is 0 Å². The van der Waals surface area contributed by atoms with E-state index >= 15 is 0 Å². The first-order valence-electron chi connectivity index (χ1n) is 6.05. The third kappa shape index (κ3) is 4.67. The van der Waals surface area contributed by atoms with E-state index in [1.165, 1.54) is 5.56 Å². The molecule has 90 valence electrons. The minimum atomic E-state index is 0.310. The topological polar surface area (TPSA) is 21.3 Å². The van der Waals surface area contributed by atoms with E-state index in [0.717, 1.165) is 18.8 Å². The number of hydrogen-bond donors (Lipinski definition) is 1. The number of nitrogens with one attached hydrogen (secondary N) is 1. The average Bonchev–Trinajstić information content (AvgIpc) is 2.25. The maximum Gasteiger partial charge on any atom is 0.0642 e. The predicted octanol–water partition coefficient (Wildman–Crippen LogP) is 3.65. The lowest BCUT2D eigenvalue weighted by Crippen LogP contribution is -2.13. The van der Waals surface area contributed by atoms with E-state index in [-0.39, 0.29) is 0 Å². The van der Waals surface area contributed by atoms with Crippen LogP contribution in [0.3, 0.4) is 0 Å². The average molecular weight is 221 g/mol. The highest BCUT2D eigenvalue weighted by Gasteiger charge is 1.98. The molecule has 0 radical (unpaired) electrons. The van der Waals surface area contributed by atoms with Gasteiger partial charge in [-0.3, -0.25) is 0 Å². The summed E-state index contributed by atoms with van der Waals surface area (Å²) in [5, 5.41) is 3.34. The first-order valence-corrected chi connectivity index (χ1v) is 6.05. The second kappa shape index (κ2) is 6.54. The molecule has 0 fully saturated rings. The van der Waals surface area contributed by atoms with Crippen molar-refractivity contribution in [2.75, 3.05) is 18.5 Å². The zero-order valence-corrected chi connectivity index (χ0v) is 10.8. The molecule has 0 bridgehead atoms. The summed E-state index contributed by atoms with van der Waals surface area (Å²) < 4.78 is 5.46. The molecule has 1 aromatic carbocycles. The number of hydrogen-bond acceptors (Lipinski definition) is 2. The maximum absolute atomic E-state index is 5.46. The van der Waals surface area contributed by atoms with E-state index in [1.54, 1.807) is 0 Å². The van der Waals surface area contributed by atoms with Crippen LogP contribution >= 0.6 is 0 Å². The first kappa shape index (κ1) is 13.0. The number of ether oxygens (including phenoxy) is 1. The lowest BCUT2D eigenvalue weighted by Gasteiger charge is -2.11. The molecule has 0 aliphatic rings. The van der Waals surface area contributed by atoms with Crippen LogP contribution in [0.5, 0.6) is 0 Å². The third-order valence-corrected chi connectivity index (χ3v) is 2.46. The molecule has 0 unspecified atom stereocenters. The van der Waals surface area contributed by atoms with Crippen LogP contribution in [0.4, 0.5) is 5.69 Å². The Balaban J connectivity index is 2.32. The van der Waals surface area contributed by atoms with Crippen LogP contribution in [0, 0.1) is 0 Å².